The molecule has 15 heavy (non-hydrogen) atoms. The molecule has 0 aliphatic carbocycles. The van der Waals surface area contributed by atoms with Crippen molar-refractivity contribution < 1.29 is 4.74 Å². The quantitative estimate of drug-likeness (QED) is 0.585. The molecule has 0 amide bonds. The summed E-state index contributed by atoms with van der Waals surface area (Å²) in [4.78, 5) is 0. The number of methoxy groups -OCH3 is 1. The smallest absolute Gasteiger partial charge is 0.118 e. The number of hydrogen-bond donors (Lipinski definition) is 1. The van der Waals surface area contributed by atoms with E-state index in [1.165, 1.54) is 5.56 Å². The van der Waals surface area contributed by atoms with Crippen LogP contribution in [0.15, 0.2) is 24.3 Å². The normalized spacial score (nSPS) is 9.20. The molecular formula is C13H17NO. The van der Waals surface area contributed by atoms with Crippen LogP contribution in [-0.4, -0.2) is 13.7 Å². The van der Waals surface area contributed by atoms with E-state index in [-0.39, 0.29) is 0 Å². The van der Waals surface area contributed by atoms with Gasteiger partial charge >= 0.3 is 0 Å². The molecule has 0 atom stereocenters. The molecule has 2 heteroatoms. The van der Waals surface area contributed by atoms with Gasteiger partial charge in [0.05, 0.1) is 7.11 Å². The Balaban J connectivity index is 2.27. The van der Waals surface area contributed by atoms with Crippen LogP contribution < -0.4 is 10.1 Å². The monoisotopic (exact) mass is 203 g/mol. The Hall–Kier alpha value is -1.46. The zero-order valence-corrected chi connectivity index (χ0v) is 9.34. The Morgan fingerprint density at radius 1 is 1.27 bits per heavy atom. The van der Waals surface area contributed by atoms with Gasteiger partial charge in [0.25, 0.3) is 0 Å². The molecule has 0 saturated heterocycles. The van der Waals surface area contributed by atoms with Crippen LogP contribution in [0.25, 0.3) is 0 Å². The first-order valence-corrected chi connectivity index (χ1v) is 5.10. The van der Waals surface area contributed by atoms with Crippen LogP contribution in [0.2, 0.25) is 0 Å². The summed E-state index contributed by atoms with van der Waals surface area (Å²) >= 11 is 0. The van der Waals surface area contributed by atoms with Crippen LogP contribution in [0, 0.1) is 11.8 Å². The predicted molar refractivity (Wildman–Crippen MR) is 62.8 cm³/mol. The molecule has 0 heterocycles. The second-order valence-electron chi connectivity index (χ2n) is 3.20. The van der Waals surface area contributed by atoms with Gasteiger partial charge in [-0.2, -0.15) is 0 Å². The van der Waals surface area contributed by atoms with E-state index >= 15 is 0 Å². The van der Waals surface area contributed by atoms with Crippen molar-refractivity contribution in [1.29, 1.82) is 0 Å². The maximum absolute atomic E-state index is 5.09. The highest BCUT2D eigenvalue weighted by Gasteiger charge is 1.93. The van der Waals surface area contributed by atoms with Crippen molar-refractivity contribution in [3.8, 4) is 17.6 Å². The second-order valence-corrected chi connectivity index (χ2v) is 3.20. The first-order valence-electron chi connectivity index (χ1n) is 5.10. The molecule has 0 saturated carbocycles. The minimum atomic E-state index is 0.884. The van der Waals surface area contributed by atoms with E-state index in [1.54, 1.807) is 7.11 Å². The maximum atomic E-state index is 5.09. The van der Waals surface area contributed by atoms with Crippen LogP contribution in [-0.2, 0) is 6.54 Å². The van der Waals surface area contributed by atoms with Crippen molar-refractivity contribution in [3.63, 3.8) is 0 Å². The number of ether oxygens (including phenoxy) is 1. The summed E-state index contributed by atoms with van der Waals surface area (Å²) < 4.78 is 5.09. The third kappa shape index (κ3) is 4.53. The Labute approximate surface area is 91.6 Å². The van der Waals surface area contributed by atoms with Gasteiger partial charge in [-0.3, -0.25) is 0 Å². The van der Waals surface area contributed by atoms with Crippen molar-refractivity contribution in [2.75, 3.05) is 13.7 Å². The highest BCUT2D eigenvalue weighted by molar-refractivity contribution is 5.26. The van der Waals surface area contributed by atoms with Gasteiger partial charge in [-0.15, -0.1) is 11.8 Å². The predicted octanol–water partition coefficient (Wildman–Crippen LogP) is 2.20. The van der Waals surface area contributed by atoms with Crippen molar-refractivity contribution in [3.05, 3.63) is 29.8 Å². The standard InChI is InChI=1S/C13H17NO/c1-3-4-5-10-14-11-12-6-8-13(15-2)9-7-12/h6-9,14H,5,10-11H2,1-2H3. The van der Waals surface area contributed by atoms with Gasteiger partial charge in [0.2, 0.25) is 0 Å². The van der Waals surface area contributed by atoms with E-state index in [4.69, 9.17) is 4.74 Å². The number of hydrogen-bond acceptors (Lipinski definition) is 2. The van der Waals surface area contributed by atoms with E-state index < -0.39 is 0 Å². The van der Waals surface area contributed by atoms with Crippen LogP contribution >= 0.6 is 0 Å². The first kappa shape index (κ1) is 11.6. The lowest BCUT2D eigenvalue weighted by molar-refractivity contribution is 0.414. The topological polar surface area (TPSA) is 21.3 Å². The number of nitrogens with one attached hydrogen (secondary N) is 1. The van der Waals surface area contributed by atoms with E-state index in [2.05, 4.69) is 29.3 Å². The molecule has 2 nitrogen and oxygen atoms in total. The molecule has 0 fully saturated rings. The van der Waals surface area contributed by atoms with E-state index in [9.17, 15) is 0 Å². The zero-order chi connectivity index (χ0) is 10.9. The largest absolute Gasteiger partial charge is 0.497 e. The van der Waals surface area contributed by atoms with Gasteiger partial charge in [-0.25, -0.2) is 0 Å². The third-order valence-corrected chi connectivity index (χ3v) is 2.09. The summed E-state index contributed by atoms with van der Waals surface area (Å²) in [5.41, 5.74) is 1.26. The van der Waals surface area contributed by atoms with Crippen LogP contribution in [0.3, 0.4) is 0 Å². The Morgan fingerprint density at radius 3 is 2.60 bits per heavy atom. The molecule has 0 unspecified atom stereocenters. The first-order chi connectivity index (χ1) is 7.36. The molecule has 1 aromatic carbocycles. The summed E-state index contributed by atoms with van der Waals surface area (Å²) in [7, 11) is 1.68. The van der Waals surface area contributed by atoms with Crippen LogP contribution in [0.1, 0.15) is 18.9 Å². The van der Waals surface area contributed by atoms with E-state index in [0.29, 0.717) is 0 Å². The lowest BCUT2D eigenvalue weighted by Gasteiger charge is -2.04. The van der Waals surface area contributed by atoms with Gasteiger partial charge in [0.1, 0.15) is 5.75 Å². The summed E-state index contributed by atoms with van der Waals surface area (Å²) in [5, 5.41) is 3.33. The average molecular weight is 203 g/mol. The lowest BCUT2D eigenvalue weighted by Crippen LogP contribution is -2.13. The Kier molecular flexibility index (Phi) is 5.35. The molecule has 0 aromatic heterocycles. The molecule has 0 bridgehead atoms. The molecule has 1 N–H and O–H groups in total. The molecule has 1 rings (SSSR count). The van der Waals surface area contributed by atoms with Crippen molar-refractivity contribution in [1.82, 2.24) is 5.32 Å². The van der Waals surface area contributed by atoms with Crippen molar-refractivity contribution in [2.24, 2.45) is 0 Å². The fraction of sp³-hybridized carbons (Fsp3) is 0.385. The lowest BCUT2D eigenvalue weighted by atomic mass is 10.2. The molecular weight excluding hydrogens is 186 g/mol. The zero-order valence-electron chi connectivity index (χ0n) is 9.34. The number of rotatable bonds is 5. The molecule has 0 aliphatic heterocycles. The summed E-state index contributed by atoms with van der Waals surface area (Å²) in [6.45, 7) is 3.69. The third-order valence-electron chi connectivity index (χ3n) is 2.09. The summed E-state index contributed by atoms with van der Waals surface area (Å²) in [6, 6.07) is 8.08. The fourth-order valence-electron chi connectivity index (χ4n) is 1.25. The average Bonchev–Trinajstić information content (AvgIpc) is 2.30. The van der Waals surface area contributed by atoms with Gasteiger partial charge in [-0.05, 0) is 24.6 Å². The SMILES string of the molecule is CC#CCCNCc1ccc(OC)cc1. The summed E-state index contributed by atoms with van der Waals surface area (Å²) in [5.74, 6) is 6.79. The van der Waals surface area contributed by atoms with Crippen LogP contribution in [0.5, 0.6) is 5.75 Å². The van der Waals surface area contributed by atoms with Crippen molar-refractivity contribution in [2.45, 2.75) is 19.9 Å². The van der Waals surface area contributed by atoms with Gasteiger partial charge < -0.3 is 10.1 Å². The van der Waals surface area contributed by atoms with Gasteiger partial charge in [0, 0.05) is 19.5 Å². The highest BCUT2D eigenvalue weighted by atomic mass is 16.5. The van der Waals surface area contributed by atoms with Crippen LogP contribution in [0.4, 0.5) is 0 Å². The molecule has 0 aliphatic rings. The minimum Gasteiger partial charge on any atom is -0.497 e. The molecule has 0 spiro atoms. The summed E-state index contributed by atoms with van der Waals surface area (Å²) in [6.07, 6.45) is 0.909. The van der Waals surface area contributed by atoms with E-state index in [0.717, 1.165) is 25.3 Å². The van der Waals surface area contributed by atoms with Gasteiger partial charge in [0.15, 0.2) is 0 Å². The molecule has 80 valence electrons. The Morgan fingerprint density at radius 2 is 2.00 bits per heavy atom. The molecule has 0 radical (unpaired) electrons. The van der Waals surface area contributed by atoms with E-state index in [1.807, 2.05) is 19.1 Å². The second kappa shape index (κ2) is 6.92. The highest BCUT2D eigenvalue weighted by Crippen LogP contribution is 2.10. The minimum absolute atomic E-state index is 0.884. The Bertz CT molecular complexity index is 332. The fourth-order valence-corrected chi connectivity index (χ4v) is 1.25. The van der Waals surface area contributed by atoms with Gasteiger partial charge in [-0.1, -0.05) is 12.1 Å². The maximum Gasteiger partial charge on any atom is 0.118 e. The molecule has 1 aromatic rings. The van der Waals surface area contributed by atoms with Crippen molar-refractivity contribution >= 4 is 0 Å². The number of benzene rings is 1.